The number of nitrogens with zero attached hydrogens (tertiary/aromatic N) is 3. The van der Waals surface area contributed by atoms with Crippen LogP contribution in [0.15, 0.2) is 6.07 Å². The monoisotopic (exact) mass is 304 g/mol. The van der Waals surface area contributed by atoms with Crippen LogP contribution in [0.25, 0.3) is 0 Å². The summed E-state index contributed by atoms with van der Waals surface area (Å²) < 4.78 is 38.9. The average molecular weight is 304 g/mol. The Morgan fingerprint density at radius 2 is 1.90 bits per heavy atom. The van der Waals surface area contributed by atoms with E-state index in [0.29, 0.717) is 31.4 Å². The van der Waals surface area contributed by atoms with E-state index in [1.165, 1.54) is 0 Å². The Hall–Kier alpha value is -1.53. The first-order valence-electron chi connectivity index (χ1n) is 7.23. The molecule has 0 unspecified atom stereocenters. The first-order chi connectivity index (χ1) is 9.77. The second-order valence-corrected chi connectivity index (χ2v) is 5.29. The summed E-state index contributed by atoms with van der Waals surface area (Å²) >= 11 is 0. The molecule has 4 nitrogen and oxygen atoms in total. The first-order valence-corrected chi connectivity index (χ1v) is 7.23. The van der Waals surface area contributed by atoms with Crippen molar-refractivity contribution in [2.45, 2.75) is 40.3 Å². The normalized spacial score (nSPS) is 11.8. The molecule has 0 radical (unpaired) electrons. The van der Waals surface area contributed by atoms with Crippen LogP contribution in [0.4, 0.5) is 24.9 Å². The lowest BCUT2D eigenvalue weighted by Gasteiger charge is -2.25. The molecule has 0 saturated heterocycles. The van der Waals surface area contributed by atoms with E-state index in [4.69, 9.17) is 0 Å². The predicted octanol–water partition coefficient (Wildman–Crippen LogP) is 3.80. The molecule has 0 aromatic carbocycles. The van der Waals surface area contributed by atoms with E-state index in [-0.39, 0.29) is 5.95 Å². The Bertz CT molecular complexity index is 446. The lowest BCUT2D eigenvalue weighted by molar-refractivity contribution is -0.141. The molecule has 0 aliphatic carbocycles. The SMILES string of the molecule is CCCNc1nc(N(CC)CC(C)C)cc(C(F)(F)F)n1. The minimum atomic E-state index is -4.47. The minimum Gasteiger partial charge on any atom is -0.356 e. The smallest absolute Gasteiger partial charge is 0.356 e. The van der Waals surface area contributed by atoms with E-state index in [0.717, 1.165) is 12.5 Å². The molecule has 0 atom stereocenters. The molecule has 0 bridgehead atoms. The fraction of sp³-hybridized carbons (Fsp3) is 0.714. The Morgan fingerprint density at radius 1 is 1.24 bits per heavy atom. The number of hydrogen-bond acceptors (Lipinski definition) is 4. The number of halogens is 3. The molecule has 0 fully saturated rings. The molecule has 21 heavy (non-hydrogen) atoms. The molecule has 1 aromatic rings. The van der Waals surface area contributed by atoms with Gasteiger partial charge in [-0.15, -0.1) is 0 Å². The van der Waals surface area contributed by atoms with E-state index >= 15 is 0 Å². The number of nitrogens with one attached hydrogen (secondary N) is 1. The van der Waals surface area contributed by atoms with Gasteiger partial charge in [0, 0.05) is 25.7 Å². The van der Waals surface area contributed by atoms with Gasteiger partial charge in [-0.3, -0.25) is 0 Å². The second-order valence-electron chi connectivity index (χ2n) is 5.29. The Morgan fingerprint density at radius 3 is 2.38 bits per heavy atom. The quantitative estimate of drug-likeness (QED) is 0.832. The summed E-state index contributed by atoms with van der Waals surface area (Å²) in [5.74, 6) is 0.678. The predicted molar refractivity (Wildman–Crippen MR) is 78.5 cm³/mol. The van der Waals surface area contributed by atoms with Crippen molar-refractivity contribution in [2.24, 2.45) is 5.92 Å². The third-order valence-corrected chi connectivity index (χ3v) is 2.83. The maximum absolute atomic E-state index is 13.0. The van der Waals surface area contributed by atoms with Crippen molar-refractivity contribution in [2.75, 3.05) is 29.9 Å². The maximum atomic E-state index is 13.0. The highest BCUT2D eigenvalue weighted by atomic mass is 19.4. The fourth-order valence-electron chi connectivity index (χ4n) is 1.88. The lowest BCUT2D eigenvalue weighted by atomic mass is 10.2. The van der Waals surface area contributed by atoms with Crippen molar-refractivity contribution >= 4 is 11.8 Å². The van der Waals surface area contributed by atoms with Gasteiger partial charge in [0.15, 0.2) is 5.69 Å². The van der Waals surface area contributed by atoms with Gasteiger partial charge in [-0.05, 0) is 19.3 Å². The van der Waals surface area contributed by atoms with E-state index in [1.54, 1.807) is 0 Å². The fourth-order valence-corrected chi connectivity index (χ4v) is 1.88. The average Bonchev–Trinajstić information content (AvgIpc) is 2.41. The lowest BCUT2D eigenvalue weighted by Crippen LogP contribution is -2.29. The van der Waals surface area contributed by atoms with Crippen LogP contribution in [0.5, 0.6) is 0 Å². The molecule has 1 heterocycles. The van der Waals surface area contributed by atoms with Crippen molar-refractivity contribution in [3.05, 3.63) is 11.8 Å². The van der Waals surface area contributed by atoms with Gasteiger partial charge in [-0.2, -0.15) is 18.2 Å². The number of hydrogen-bond donors (Lipinski definition) is 1. The van der Waals surface area contributed by atoms with Crippen LogP contribution < -0.4 is 10.2 Å². The van der Waals surface area contributed by atoms with Crippen LogP contribution in [-0.4, -0.2) is 29.6 Å². The van der Waals surface area contributed by atoms with Crippen molar-refractivity contribution < 1.29 is 13.2 Å². The van der Waals surface area contributed by atoms with Crippen LogP contribution in [-0.2, 0) is 6.18 Å². The van der Waals surface area contributed by atoms with Gasteiger partial charge in [-0.1, -0.05) is 20.8 Å². The highest BCUT2D eigenvalue weighted by Crippen LogP contribution is 2.30. The molecule has 7 heteroatoms. The number of alkyl halides is 3. The van der Waals surface area contributed by atoms with Gasteiger partial charge in [0.25, 0.3) is 0 Å². The molecule has 0 aliphatic rings. The molecule has 0 amide bonds. The summed E-state index contributed by atoms with van der Waals surface area (Å²) in [5, 5.41) is 2.83. The van der Waals surface area contributed by atoms with Crippen LogP contribution in [0.3, 0.4) is 0 Å². The van der Waals surface area contributed by atoms with Crippen LogP contribution in [0.1, 0.15) is 39.8 Å². The van der Waals surface area contributed by atoms with E-state index in [2.05, 4.69) is 15.3 Å². The Kier molecular flexibility index (Phi) is 6.23. The molecular formula is C14H23F3N4. The Balaban J connectivity index is 3.16. The summed E-state index contributed by atoms with van der Waals surface area (Å²) in [7, 11) is 0. The minimum absolute atomic E-state index is 0.0314. The van der Waals surface area contributed by atoms with Gasteiger partial charge in [0.2, 0.25) is 5.95 Å². The number of anilines is 2. The van der Waals surface area contributed by atoms with Gasteiger partial charge >= 0.3 is 6.18 Å². The third kappa shape index (κ3) is 5.40. The van der Waals surface area contributed by atoms with Gasteiger partial charge in [0.05, 0.1) is 0 Å². The summed E-state index contributed by atoms with van der Waals surface area (Å²) in [5.41, 5.74) is -0.909. The molecule has 0 saturated carbocycles. The third-order valence-electron chi connectivity index (χ3n) is 2.83. The summed E-state index contributed by atoms with van der Waals surface area (Å²) in [6.45, 7) is 9.65. The van der Waals surface area contributed by atoms with Crippen molar-refractivity contribution in [3.8, 4) is 0 Å². The van der Waals surface area contributed by atoms with E-state index in [9.17, 15) is 13.2 Å². The van der Waals surface area contributed by atoms with Crippen LogP contribution >= 0.6 is 0 Å². The van der Waals surface area contributed by atoms with Crippen LogP contribution in [0.2, 0.25) is 0 Å². The van der Waals surface area contributed by atoms with Crippen molar-refractivity contribution in [3.63, 3.8) is 0 Å². The largest absolute Gasteiger partial charge is 0.433 e. The number of aromatic nitrogens is 2. The Labute approximate surface area is 123 Å². The van der Waals surface area contributed by atoms with E-state index in [1.807, 2.05) is 32.6 Å². The van der Waals surface area contributed by atoms with Crippen molar-refractivity contribution in [1.82, 2.24) is 9.97 Å². The molecular weight excluding hydrogens is 281 g/mol. The molecule has 1 rings (SSSR count). The molecule has 0 spiro atoms. The van der Waals surface area contributed by atoms with E-state index < -0.39 is 11.9 Å². The molecule has 120 valence electrons. The number of rotatable bonds is 7. The molecule has 1 N–H and O–H groups in total. The first kappa shape index (κ1) is 17.5. The zero-order valence-electron chi connectivity index (χ0n) is 13.0. The summed E-state index contributed by atoms with van der Waals surface area (Å²) in [6.07, 6.45) is -3.68. The summed E-state index contributed by atoms with van der Waals surface area (Å²) in [6, 6.07) is 1.02. The second kappa shape index (κ2) is 7.47. The topological polar surface area (TPSA) is 41.1 Å². The summed E-state index contributed by atoms with van der Waals surface area (Å²) in [4.78, 5) is 9.61. The molecule has 0 aliphatic heterocycles. The highest BCUT2D eigenvalue weighted by molar-refractivity contribution is 5.45. The van der Waals surface area contributed by atoms with Crippen molar-refractivity contribution in [1.29, 1.82) is 0 Å². The van der Waals surface area contributed by atoms with Gasteiger partial charge < -0.3 is 10.2 Å². The zero-order chi connectivity index (χ0) is 16.0. The van der Waals surface area contributed by atoms with Crippen LogP contribution in [0, 0.1) is 5.92 Å². The zero-order valence-corrected chi connectivity index (χ0v) is 13.0. The standard InChI is InChI=1S/C14H23F3N4/c1-5-7-18-13-19-11(14(15,16)17)8-12(20-13)21(6-2)9-10(3)4/h8,10H,5-7,9H2,1-4H3,(H,18,19,20). The highest BCUT2D eigenvalue weighted by Gasteiger charge is 2.34. The van der Waals surface area contributed by atoms with Gasteiger partial charge in [0.1, 0.15) is 5.82 Å². The molecule has 1 aromatic heterocycles. The maximum Gasteiger partial charge on any atom is 0.433 e. The van der Waals surface area contributed by atoms with Gasteiger partial charge in [-0.25, -0.2) is 4.98 Å².